The van der Waals surface area contributed by atoms with Gasteiger partial charge in [-0.1, -0.05) is 17.5 Å². The fourth-order valence-corrected chi connectivity index (χ4v) is 2.96. The molecule has 0 spiro atoms. The van der Waals surface area contributed by atoms with Crippen molar-refractivity contribution in [2.24, 2.45) is 0 Å². The number of aryl methyl sites for hydroxylation is 1. The number of carbonyl (C=O) groups is 1. The Morgan fingerprint density at radius 2 is 2.05 bits per heavy atom. The molecule has 0 saturated heterocycles. The van der Waals surface area contributed by atoms with Crippen LogP contribution < -0.4 is 0 Å². The Bertz CT molecular complexity index is 567. The number of benzene rings is 1. The zero-order valence-corrected chi connectivity index (χ0v) is 11.9. The predicted octanol–water partition coefficient (Wildman–Crippen LogP) is 1.66. The van der Waals surface area contributed by atoms with Gasteiger partial charge >= 0.3 is 5.97 Å². The molecule has 1 rings (SSSR count). The zero-order chi connectivity index (χ0) is 14.6. The third kappa shape index (κ3) is 3.31. The molecule has 0 aliphatic rings. The normalized spacial score (nSPS) is 11.8. The van der Waals surface area contributed by atoms with Gasteiger partial charge in [0.2, 0.25) is 0 Å². The van der Waals surface area contributed by atoms with E-state index >= 15 is 0 Å². The molecule has 0 atom stereocenters. The van der Waals surface area contributed by atoms with E-state index in [1.807, 2.05) is 6.92 Å². The van der Waals surface area contributed by atoms with Crippen molar-refractivity contribution in [1.29, 1.82) is 0 Å². The maximum atomic E-state index is 12.2. The van der Waals surface area contributed by atoms with E-state index in [1.165, 1.54) is 19.2 Å². The summed E-state index contributed by atoms with van der Waals surface area (Å²) in [5.74, 6) is -1.16. The van der Waals surface area contributed by atoms with Gasteiger partial charge in [0.05, 0.1) is 17.6 Å². The molecule has 0 radical (unpaired) electrons. The van der Waals surface area contributed by atoms with Crippen LogP contribution in [0.3, 0.4) is 0 Å². The lowest BCUT2D eigenvalue weighted by atomic mass is 10.1. The van der Waals surface area contributed by atoms with Gasteiger partial charge in [-0.05, 0) is 31.0 Å². The molecule has 0 fully saturated rings. The Balaban J connectivity index is 3.29. The van der Waals surface area contributed by atoms with E-state index in [1.54, 1.807) is 6.92 Å². The third-order valence-corrected chi connectivity index (χ3v) is 4.33. The van der Waals surface area contributed by atoms with Crippen LogP contribution in [0.5, 0.6) is 0 Å². The highest BCUT2D eigenvalue weighted by Gasteiger charge is 2.25. The van der Waals surface area contributed by atoms with Gasteiger partial charge in [-0.2, -0.15) is 0 Å². The number of nitrogens with zero attached hydrogens (tertiary/aromatic N) is 1. The van der Waals surface area contributed by atoms with Crippen molar-refractivity contribution in [2.75, 3.05) is 13.7 Å². The summed E-state index contributed by atoms with van der Waals surface area (Å²) in [6, 6.07) is 3.99. The summed E-state index contributed by atoms with van der Waals surface area (Å²) in [5.41, 5.74) is 0.472. The van der Waals surface area contributed by atoms with Crippen LogP contribution in [0.4, 0.5) is 0 Å². The van der Waals surface area contributed by atoms with Crippen LogP contribution >= 0.6 is 0 Å². The second-order valence-electron chi connectivity index (χ2n) is 4.00. The molecule has 0 aliphatic carbocycles. The maximum Gasteiger partial charge on any atom is 0.335 e. The number of aromatic carboxylic acids is 1. The number of hydrogen-bond acceptors (Lipinski definition) is 4. The first kappa shape index (κ1) is 15.6. The van der Waals surface area contributed by atoms with Crippen LogP contribution in [0.2, 0.25) is 0 Å². The summed E-state index contributed by atoms with van der Waals surface area (Å²) in [7, 11) is -2.57. The topological polar surface area (TPSA) is 83.9 Å². The van der Waals surface area contributed by atoms with Crippen LogP contribution in [-0.4, -0.2) is 37.6 Å². The minimum Gasteiger partial charge on any atom is -0.478 e. The number of rotatable bonds is 6. The number of sulfonamides is 1. The van der Waals surface area contributed by atoms with Crippen molar-refractivity contribution in [3.05, 3.63) is 29.3 Å². The molecule has 0 unspecified atom stereocenters. The van der Waals surface area contributed by atoms with Gasteiger partial charge < -0.3 is 5.11 Å². The molecule has 0 bridgehead atoms. The molecule has 1 aromatic carbocycles. The molecule has 0 heterocycles. The average molecular weight is 287 g/mol. The van der Waals surface area contributed by atoms with Crippen LogP contribution in [0.25, 0.3) is 0 Å². The number of hydroxylamine groups is 1. The van der Waals surface area contributed by atoms with E-state index in [4.69, 9.17) is 9.94 Å². The average Bonchev–Trinajstić information content (AvgIpc) is 2.35. The van der Waals surface area contributed by atoms with E-state index in [0.717, 1.165) is 10.5 Å². The van der Waals surface area contributed by atoms with Crippen molar-refractivity contribution in [2.45, 2.75) is 25.2 Å². The van der Waals surface area contributed by atoms with Crippen LogP contribution in [0, 0.1) is 6.92 Å². The van der Waals surface area contributed by atoms with Crippen LogP contribution in [0.15, 0.2) is 23.1 Å². The smallest absolute Gasteiger partial charge is 0.335 e. The molecule has 106 valence electrons. The standard InChI is InChI=1S/C12H17NO5S/c1-4-7-13(18-3)19(16,17)10-6-5-9(2)11(8-10)12(14)15/h5-6,8H,4,7H2,1-3H3,(H,14,15). The molecule has 19 heavy (non-hydrogen) atoms. The van der Waals surface area contributed by atoms with Crippen LogP contribution in [0.1, 0.15) is 29.3 Å². The van der Waals surface area contributed by atoms with Crippen molar-refractivity contribution >= 4 is 16.0 Å². The van der Waals surface area contributed by atoms with Gasteiger partial charge in [-0.15, -0.1) is 0 Å². The molecule has 0 aromatic heterocycles. The molecule has 0 saturated carbocycles. The minimum atomic E-state index is -3.84. The van der Waals surface area contributed by atoms with Gasteiger partial charge in [-0.25, -0.2) is 13.2 Å². The van der Waals surface area contributed by atoms with Gasteiger partial charge in [0.15, 0.2) is 0 Å². The Morgan fingerprint density at radius 1 is 1.42 bits per heavy atom. The summed E-state index contributed by atoms with van der Waals surface area (Å²) in [5, 5.41) is 9.02. The fraction of sp³-hybridized carbons (Fsp3) is 0.417. The molecule has 0 amide bonds. The fourth-order valence-electron chi connectivity index (χ4n) is 1.60. The Kier molecular flexibility index (Phi) is 5.04. The largest absolute Gasteiger partial charge is 0.478 e. The lowest BCUT2D eigenvalue weighted by Gasteiger charge is -2.19. The predicted molar refractivity (Wildman–Crippen MR) is 69.3 cm³/mol. The van der Waals surface area contributed by atoms with E-state index in [-0.39, 0.29) is 17.0 Å². The zero-order valence-electron chi connectivity index (χ0n) is 11.1. The molecule has 1 N–H and O–H groups in total. The number of carboxylic acids is 1. The van der Waals surface area contributed by atoms with Gasteiger partial charge in [0.25, 0.3) is 10.0 Å². The number of hydrogen-bond donors (Lipinski definition) is 1. The quantitative estimate of drug-likeness (QED) is 0.804. The highest BCUT2D eigenvalue weighted by Crippen LogP contribution is 2.20. The second kappa shape index (κ2) is 6.14. The molecule has 1 aromatic rings. The lowest BCUT2D eigenvalue weighted by Crippen LogP contribution is -2.31. The van der Waals surface area contributed by atoms with Crippen molar-refractivity contribution in [1.82, 2.24) is 4.47 Å². The molecule has 0 aliphatic heterocycles. The SMILES string of the molecule is CCCN(OC)S(=O)(=O)c1ccc(C)c(C(=O)O)c1. The second-order valence-corrected chi connectivity index (χ2v) is 5.82. The Hall–Kier alpha value is -1.44. The first-order valence-electron chi connectivity index (χ1n) is 5.75. The molecule has 6 nitrogen and oxygen atoms in total. The summed E-state index contributed by atoms with van der Waals surface area (Å²) >= 11 is 0. The molecular formula is C12H17NO5S. The monoisotopic (exact) mass is 287 g/mol. The highest BCUT2D eigenvalue weighted by molar-refractivity contribution is 7.89. The van der Waals surface area contributed by atoms with Gasteiger partial charge in [-0.3, -0.25) is 4.84 Å². The Morgan fingerprint density at radius 3 is 2.53 bits per heavy atom. The summed E-state index contributed by atoms with van der Waals surface area (Å²) in [6.07, 6.45) is 0.588. The van der Waals surface area contributed by atoms with Crippen molar-refractivity contribution < 1.29 is 23.2 Å². The van der Waals surface area contributed by atoms with E-state index in [9.17, 15) is 13.2 Å². The highest BCUT2D eigenvalue weighted by atomic mass is 32.2. The Labute approximate surface area is 112 Å². The molecular weight excluding hydrogens is 270 g/mol. The molecule has 7 heteroatoms. The third-order valence-electron chi connectivity index (χ3n) is 2.62. The van der Waals surface area contributed by atoms with Gasteiger partial charge in [0.1, 0.15) is 0 Å². The minimum absolute atomic E-state index is 0.0337. The first-order chi connectivity index (χ1) is 8.84. The van der Waals surface area contributed by atoms with E-state index in [2.05, 4.69) is 0 Å². The maximum absolute atomic E-state index is 12.2. The van der Waals surface area contributed by atoms with Crippen molar-refractivity contribution in [3.63, 3.8) is 0 Å². The first-order valence-corrected chi connectivity index (χ1v) is 7.19. The van der Waals surface area contributed by atoms with E-state index < -0.39 is 16.0 Å². The van der Waals surface area contributed by atoms with Crippen molar-refractivity contribution in [3.8, 4) is 0 Å². The lowest BCUT2D eigenvalue weighted by molar-refractivity contribution is -0.0482. The summed E-state index contributed by atoms with van der Waals surface area (Å²) < 4.78 is 25.3. The van der Waals surface area contributed by atoms with Crippen LogP contribution in [-0.2, 0) is 14.9 Å². The number of carboxylic acid groups (broad SMARTS) is 1. The summed E-state index contributed by atoms with van der Waals surface area (Å²) in [6.45, 7) is 3.63. The van der Waals surface area contributed by atoms with Gasteiger partial charge in [0, 0.05) is 6.54 Å². The summed E-state index contributed by atoms with van der Waals surface area (Å²) in [4.78, 5) is 15.8. The van der Waals surface area contributed by atoms with E-state index in [0.29, 0.717) is 12.0 Å².